The van der Waals surface area contributed by atoms with E-state index in [9.17, 15) is 13.2 Å². The number of carbonyl (C=O) groups excluding carboxylic acids is 1. The Kier molecular flexibility index (Phi) is 9.79. The normalized spacial score (nSPS) is 12.3. The van der Waals surface area contributed by atoms with Gasteiger partial charge in [-0.1, -0.05) is 42.5 Å². The Morgan fingerprint density at radius 3 is 2.37 bits per heavy atom. The molecule has 0 saturated heterocycles. The summed E-state index contributed by atoms with van der Waals surface area (Å²) in [4.78, 5) is 11.8. The van der Waals surface area contributed by atoms with Crippen LogP contribution in [0, 0.1) is 0 Å². The summed E-state index contributed by atoms with van der Waals surface area (Å²) < 4.78 is 35.8. The summed E-state index contributed by atoms with van der Waals surface area (Å²) in [7, 11) is -4.22. The van der Waals surface area contributed by atoms with Crippen LogP contribution in [0.4, 0.5) is 0 Å². The first kappa shape index (κ1) is 23.9. The second-order valence-electron chi connectivity index (χ2n) is 7.16. The molecule has 1 amide bonds. The van der Waals surface area contributed by atoms with Crippen LogP contribution >= 0.6 is 0 Å². The van der Waals surface area contributed by atoms with Crippen LogP contribution < -0.4 is 15.4 Å². The van der Waals surface area contributed by atoms with Gasteiger partial charge in [-0.3, -0.25) is 9.35 Å². The Hall–Kier alpha value is -2.42. The third-order valence-corrected chi connectivity index (χ3v) is 5.09. The molecule has 164 valence electrons. The Balaban J connectivity index is 1.60. The second kappa shape index (κ2) is 12.3. The molecule has 0 heterocycles. The molecule has 2 rings (SSSR count). The van der Waals surface area contributed by atoms with Crippen molar-refractivity contribution in [2.75, 3.05) is 12.5 Å². The zero-order valence-corrected chi connectivity index (χ0v) is 18.0. The average Bonchev–Trinajstić information content (AvgIpc) is 2.73. The summed E-state index contributed by atoms with van der Waals surface area (Å²) in [5, 5.41) is 5.16. The van der Waals surface area contributed by atoms with E-state index >= 15 is 0 Å². The minimum Gasteiger partial charge on any atom is -0.494 e. The fourth-order valence-corrected chi connectivity index (χ4v) is 3.15. The van der Waals surface area contributed by atoms with Gasteiger partial charge in [0.25, 0.3) is 10.1 Å². The van der Waals surface area contributed by atoms with Crippen LogP contribution in [0.2, 0.25) is 0 Å². The third-order valence-electron chi connectivity index (χ3n) is 4.58. The summed E-state index contributed by atoms with van der Waals surface area (Å²) in [6, 6.07) is 17.5. The number of ether oxygens (including phenoxy) is 1. The molecule has 0 bridgehead atoms. The highest BCUT2D eigenvalue weighted by molar-refractivity contribution is 7.85. The van der Waals surface area contributed by atoms with Crippen molar-refractivity contribution < 1.29 is 22.5 Å². The van der Waals surface area contributed by atoms with Gasteiger partial charge in [-0.2, -0.15) is 8.42 Å². The third kappa shape index (κ3) is 9.87. The van der Waals surface area contributed by atoms with Crippen LogP contribution in [-0.2, 0) is 27.9 Å². The van der Waals surface area contributed by atoms with Crippen LogP contribution in [0.15, 0.2) is 54.6 Å². The lowest BCUT2D eigenvalue weighted by atomic mass is 10.1. The van der Waals surface area contributed by atoms with E-state index in [-0.39, 0.29) is 0 Å². The van der Waals surface area contributed by atoms with Crippen molar-refractivity contribution in [1.29, 1.82) is 0 Å². The minimum atomic E-state index is -4.22. The Morgan fingerprint density at radius 1 is 1.00 bits per heavy atom. The molecule has 0 aliphatic rings. The smallest absolute Gasteiger partial charge is 0.283 e. The lowest BCUT2D eigenvalue weighted by Crippen LogP contribution is -2.43. The molecule has 0 aliphatic carbocycles. The summed E-state index contributed by atoms with van der Waals surface area (Å²) >= 11 is 0. The Labute approximate surface area is 178 Å². The van der Waals surface area contributed by atoms with E-state index in [1.807, 2.05) is 30.3 Å². The summed E-state index contributed by atoms with van der Waals surface area (Å²) in [5.41, 5.74) is 2.34. The highest BCUT2D eigenvalue weighted by Gasteiger charge is 2.14. The monoisotopic (exact) mass is 434 g/mol. The van der Waals surface area contributed by atoms with Crippen molar-refractivity contribution in [3.63, 3.8) is 0 Å². The number of benzene rings is 2. The molecular weight excluding hydrogens is 404 g/mol. The molecule has 3 N–H and O–H groups in total. The molecule has 0 spiro atoms. The predicted molar refractivity (Wildman–Crippen MR) is 117 cm³/mol. The highest BCUT2D eigenvalue weighted by Crippen LogP contribution is 2.13. The van der Waals surface area contributed by atoms with Crippen molar-refractivity contribution in [2.45, 2.75) is 45.2 Å². The quantitative estimate of drug-likeness (QED) is 0.331. The largest absolute Gasteiger partial charge is 0.494 e. The number of unbranched alkanes of at least 4 members (excludes halogenated alkanes) is 2. The van der Waals surface area contributed by atoms with E-state index in [1.165, 1.54) is 5.56 Å². The molecule has 7 nitrogen and oxygen atoms in total. The minimum absolute atomic E-state index is 0.445. The lowest BCUT2D eigenvalue weighted by Gasteiger charge is -2.14. The first-order chi connectivity index (χ1) is 14.3. The standard InChI is InChI=1S/C22H30N2O5S/c1-18(22(25)24-17-30(26,27)28)23-16-20-11-13-21(14-12-20)29-15-7-3-6-10-19-8-4-2-5-9-19/h2,4-5,8-9,11-14,18,23H,3,6-7,10,15-17H2,1H3,(H,24,25)(H,26,27,28). The molecule has 8 heteroatoms. The molecule has 30 heavy (non-hydrogen) atoms. The van der Waals surface area contributed by atoms with Crippen molar-refractivity contribution in [3.05, 3.63) is 65.7 Å². The summed E-state index contributed by atoms with van der Waals surface area (Å²) in [5.74, 6) is -0.489. The van der Waals surface area contributed by atoms with Crippen molar-refractivity contribution in [1.82, 2.24) is 10.6 Å². The maximum Gasteiger partial charge on any atom is 0.283 e. The fraction of sp³-hybridized carbons (Fsp3) is 0.409. The fourth-order valence-electron chi connectivity index (χ4n) is 2.83. The molecule has 1 unspecified atom stereocenters. The lowest BCUT2D eigenvalue weighted by molar-refractivity contribution is -0.122. The number of carbonyl (C=O) groups is 1. The van der Waals surface area contributed by atoms with Gasteiger partial charge in [-0.05, 0) is 55.9 Å². The van der Waals surface area contributed by atoms with E-state index in [2.05, 4.69) is 34.9 Å². The van der Waals surface area contributed by atoms with Gasteiger partial charge < -0.3 is 15.4 Å². The van der Waals surface area contributed by atoms with E-state index in [4.69, 9.17) is 9.29 Å². The molecule has 0 saturated carbocycles. The number of rotatable bonds is 13. The number of amides is 1. The SMILES string of the molecule is CC(NCc1ccc(OCCCCCc2ccccc2)cc1)C(=O)NCS(=O)(=O)O. The Bertz CT molecular complexity index is 870. The highest BCUT2D eigenvalue weighted by atomic mass is 32.2. The molecule has 1 atom stereocenters. The molecule has 2 aromatic rings. The van der Waals surface area contributed by atoms with Gasteiger partial charge in [-0.25, -0.2) is 0 Å². The van der Waals surface area contributed by atoms with Gasteiger partial charge in [0, 0.05) is 6.54 Å². The summed E-state index contributed by atoms with van der Waals surface area (Å²) in [6.45, 7) is 2.74. The van der Waals surface area contributed by atoms with E-state index in [0.29, 0.717) is 13.2 Å². The van der Waals surface area contributed by atoms with Crippen molar-refractivity contribution >= 4 is 16.0 Å². The molecule has 2 aromatic carbocycles. The maximum atomic E-state index is 11.8. The van der Waals surface area contributed by atoms with E-state index < -0.39 is 27.9 Å². The second-order valence-corrected chi connectivity index (χ2v) is 8.61. The van der Waals surface area contributed by atoms with Gasteiger partial charge in [-0.15, -0.1) is 0 Å². The van der Waals surface area contributed by atoms with Gasteiger partial charge in [0.2, 0.25) is 5.91 Å². The Morgan fingerprint density at radius 2 is 1.70 bits per heavy atom. The van der Waals surface area contributed by atoms with Gasteiger partial charge in [0.05, 0.1) is 12.6 Å². The van der Waals surface area contributed by atoms with E-state index in [0.717, 1.165) is 37.0 Å². The molecule has 0 fully saturated rings. The van der Waals surface area contributed by atoms with Crippen LogP contribution in [0.5, 0.6) is 5.75 Å². The summed E-state index contributed by atoms with van der Waals surface area (Å²) in [6.07, 6.45) is 4.36. The van der Waals surface area contributed by atoms with Crippen molar-refractivity contribution in [3.8, 4) is 5.75 Å². The van der Waals surface area contributed by atoms with Crippen LogP contribution in [0.3, 0.4) is 0 Å². The van der Waals surface area contributed by atoms with Crippen molar-refractivity contribution in [2.24, 2.45) is 0 Å². The molecular formula is C22H30N2O5S. The predicted octanol–water partition coefficient (Wildman–Crippen LogP) is 2.92. The van der Waals surface area contributed by atoms with E-state index in [1.54, 1.807) is 6.92 Å². The van der Waals surface area contributed by atoms with Gasteiger partial charge >= 0.3 is 0 Å². The average molecular weight is 435 g/mol. The molecule has 0 aromatic heterocycles. The van der Waals surface area contributed by atoms with Crippen LogP contribution in [-0.4, -0.2) is 37.4 Å². The first-order valence-electron chi connectivity index (χ1n) is 10.1. The molecule has 0 radical (unpaired) electrons. The van der Waals surface area contributed by atoms with Gasteiger partial charge in [0.15, 0.2) is 0 Å². The maximum absolute atomic E-state index is 11.8. The zero-order valence-electron chi connectivity index (χ0n) is 17.2. The van der Waals surface area contributed by atoms with Gasteiger partial charge in [0.1, 0.15) is 11.6 Å². The number of hydrogen-bond donors (Lipinski definition) is 3. The number of nitrogens with one attached hydrogen (secondary N) is 2. The topological polar surface area (TPSA) is 105 Å². The zero-order chi connectivity index (χ0) is 21.8. The van der Waals surface area contributed by atoms with Crippen LogP contribution in [0.1, 0.15) is 37.3 Å². The molecule has 0 aliphatic heterocycles. The number of hydrogen-bond acceptors (Lipinski definition) is 5. The first-order valence-corrected chi connectivity index (χ1v) is 11.7. The number of aryl methyl sites for hydroxylation is 1. The van der Waals surface area contributed by atoms with Crippen LogP contribution in [0.25, 0.3) is 0 Å².